The summed E-state index contributed by atoms with van der Waals surface area (Å²) in [5, 5.41) is 0. The van der Waals surface area contributed by atoms with Crippen LogP contribution in [0.5, 0.6) is 0 Å². The van der Waals surface area contributed by atoms with Crippen LogP contribution in [0.4, 0.5) is 13.2 Å². The van der Waals surface area contributed by atoms with Crippen LogP contribution in [-0.2, 0) is 15.7 Å². The number of carbonyl (C=O) groups excluding carboxylic acids is 1. The Morgan fingerprint density at radius 3 is 2.48 bits per heavy atom. The second-order valence-electron chi connectivity index (χ2n) is 4.78. The van der Waals surface area contributed by atoms with Gasteiger partial charge >= 0.3 is 12.1 Å². The summed E-state index contributed by atoms with van der Waals surface area (Å²) in [6.07, 6.45) is -1.55. The van der Waals surface area contributed by atoms with E-state index in [-0.39, 0.29) is 6.61 Å². The third kappa shape index (κ3) is 4.25. The Hall–Kier alpha value is -2.50. The van der Waals surface area contributed by atoms with E-state index in [1.54, 1.807) is 26.0 Å². The van der Waals surface area contributed by atoms with Crippen molar-refractivity contribution in [3.8, 4) is 11.3 Å². The van der Waals surface area contributed by atoms with Crippen LogP contribution in [0.2, 0.25) is 0 Å². The zero-order valence-electron chi connectivity index (χ0n) is 12.6. The van der Waals surface area contributed by atoms with Crippen LogP contribution in [0.3, 0.4) is 0 Å². The van der Waals surface area contributed by atoms with Gasteiger partial charge in [-0.2, -0.15) is 13.2 Å². The zero-order valence-corrected chi connectivity index (χ0v) is 12.6. The molecule has 0 radical (unpaired) electrons. The smallest absolute Gasteiger partial charge is 0.416 e. The molecule has 0 spiro atoms. The van der Waals surface area contributed by atoms with Crippen molar-refractivity contribution >= 4 is 12.0 Å². The van der Waals surface area contributed by atoms with Crippen molar-refractivity contribution in [3.05, 3.63) is 53.3 Å². The molecular weight excluding hydrogens is 309 g/mol. The van der Waals surface area contributed by atoms with Gasteiger partial charge in [-0.05, 0) is 38.1 Å². The number of halogens is 3. The van der Waals surface area contributed by atoms with Crippen molar-refractivity contribution in [2.45, 2.75) is 20.0 Å². The van der Waals surface area contributed by atoms with Gasteiger partial charge in [0.25, 0.3) is 0 Å². The molecule has 0 N–H and O–H groups in total. The fourth-order valence-electron chi connectivity index (χ4n) is 1.98. The van der Waals surface area contributed by atoms with E-state index >= 15 is 0 Å². The molecule has 0 unspecified atom stereocenters. The van der Waals surface area contributed by atoms with Crippen LogP contribution < -0.4 is 0 Å². The fourth-order valence-corrected chi connectivity index (χ4v) is 1.98. The minimum atomic E-state index is -4.37. The van der Waals surface area contributed by atoms with E-state index in [2.05, 4.69) is 0 Å². The molecule has 3 nitrogen and oxygen atoms in total. The molecule has 0 fully saturated rings. The molecule has 0 aliphatic rings. The second-order valence-corrected chi connectivity index (χ2v) is 4.78. The Morgan fingerprint density at radius 1 is 1.26 bits per heavy atom. The van der Waals surface area contributed by atoms with Crippen LogP contribution in [0.1, 0.15) is 23.8 Å². The number of carbonyl (C=O) groups is 1. The van der Waals surface area contributed by atoms with Crippen LogP contribution in [0.15, 0.2) is 40.8 Å². The van der Waals surface area contributed by atoms with Gasteiger partial charge in [0.2, 0.25) is 0 Å². The fraction of sp³-hybridized carbons (Fsp3) is 0.235. The predicted molar refractivity (Wildman–Crippen MR) is 79.6 cm³/mol. The number of benzene rings is 1. The van der Waals surface area contributed by atoms with Gasteiger partial charge in [0.05, 0.1) is 12.2 Å². The number of hydrogen-bond donors (Lipinski definition) is 0. The first-order valence-corrected chi connectivity index (χ1v) is 6.94. The lowest BCUT2D eigenvalue weighted by Gasteiger charge is -2.06. The van der Waals surface area contributed by atoms with Crippen molar-refractivity contribution in [1.29, 1.82) is 0 Å². The maximum absolute atomic E-state index is 12.6. The highest BCUT2D eigenvalue weighted by molar-refractivity contribution is 5.87. The molecule has 122 valence electrons. The molecule has 2 rings (SSSR count). The summed E-state index contributed by atoms with van der Waals surface area (Å²) in [5.41, 5.74) is 0.469. The second kappa shape index (κ2) is 6.73. The van der Waals surface area contributed by atoms with E-state index in [1.807, 2.05) is 0 Å². The van der Waals surface area contributed by atoms with Gasteiger partial charge in [0.1, 0.15) is 11.5 Å². The lowest BCUT2D eigenvalue weighted by Crippen LogP contribution is -2.03. The number of ether oxygens (including phenoxy) is 1. The van der Waals surface area contributed by atoms with E-state index < -0.39 is 17.7 Å². The summed E-state index contributed by atoms with van der Waals surface area (Å²) >= 11 is 0. The molecule has 6 heteroatoms. The van der Waals surface area contributed by atoms with Gasteiger partial charge in [-0.3, -0.25) is 0 Å². The summed E-state index contributed by atoms with van der Waals surface area (Å²) < 4.78 is 48.0. The first kappa shape index (κ1) is 16.9. The highest BCUT2D eigenvalue weighted by Gasteiger charge is 2.30. The third-order valence-electron chi connectivity index (χ3n) is 3.14. The largest absolute Gasteiger partial charge is 0.463 e. The summed E-state index contributed by atoms with van der Waals surface area (Å²) in [6, 6.07) is 6.36. The average molecular weight is 324 g/mol. The summed E-state index contributed by atoms with van der Waals surface area (Å²) in [4.78, 5) is 11.3. The molecule has 23 heavy (non-hydrogen) atoms. The number of alkyl halides is 3. The van der Waals surface area contributed by atoms with Crippen molar-refractivity contribution in [3.63, 3.8) is 0 Å². The van der Waals surface area contributed by atoms with Crippen LogP contribution in [0.25, 0.3) is 17.4 Å². The highest BCUT2D eigenvalue weighted by Crippen LogP contribution is 2.32. The van der Waals surface area contributed by atoms with Crippen LogP contribution in [-0.4, -0.2) is 12.6 Å². The summed E-state index contributed by atoms with van der Waals surface area (Å²) in [7, 11) is 0. The van der Waals surface area contributed by atoms with Crippen molar-refractivity contribution in [1.82, 2.24) is 0 Å². The SMILES string of the molecule is CCOC(=O)C=Cc1cc(-c2ccc(C(F)(F)F)cc2)oc1C. The molecule has 0 atom stereocenters. The average Bonchev–Trinajstić information content (AvgIpc) is 2.86. The molecule has 0 aliphatic heterocycles. The van der Waals surface area contributed by atoms with E-state index in [0.29, 0.717) is 22.6 Å². The monoisotopic (exact) mass is 324 g/mol. The zero-order chi connectivity index (χ0) is 17.0. The Bertz CT molecular complexity index is 710. The Balaban J connectivity index is 2.22. The molecule has 0 saturated carbocycles. The van der Waals surface area contributed by atoms with Gasteiger partial charge in [-0.1, -0.05) is 12.1 Å². The molecule has 1 aromatic carbocycles. The van der Waals surface area contributed by atoms with E-state index in [1.165, 1.54) is 18.2 Å². The maximum Gasteiger partial charge on any atom is 0.416 e. The lowest BCUT2D eigenvalue weighted by atomic mass is 10.1. The normalized spacial score (nSPS) is 11.9. The predicted octanol–water partition coefficient (Wildman–Crippen LogP) is 4.85. The Morgan fingerprint density at radius 2 is 1.91 bits per heavy atom. The standard InChI is InChI=1S/C17H15F3O3/c1-3-22-16(21)9-6-13-10-15(23-11(13)2)12-4-7-14(8-5-12)17(18,19)20/h4-10H,3H2,1-2H3. The van der Waals surface area contributed by atoms with E-state index in [0.717, 1.165) is 12.1 Å². The molecule has 0 aliphatic carbocycles. The summed E-state index contributed by atoms with van der Waals surface area (Å²) in [6.45, 7) is 3.69. The topological polar surface area (TPSA) is 39.4 Å². The quantitative estimate of drug-likeness (QED) is 0.596. The van der Waals surface area contributed by atoms with Crippen molar-refractivity contribution in [2.24, 2.45) is 0 Å². The first-order chi connectivity index (χ1) is 10.8. The number of aryl methyl sites for hydroxylation is 1. The third-order valence-corrected chi connectivity index (χ3v) is 3.14. The molecule has 0 bridgehead atoms. The number of furan rings is 1. The Labute approximate surface area is 131 Å². The molecule has 1 heterocycles. The van der Waals surface area contributed by atoms with Crippen molar-refractivity contribution in [2.75, 3.05) is 6.61 Å². The first-order valence-electron chi connectivity index (χ1n) is 6.94. The highest BCUT2D eigenvalue weighted by atomic mass is 19.4. The molecule has 2 aromatic rings. The van der Waals surface area contributed by atoms with Gasteiger partial charge in [0.15, 0.2) is 0 Å². The van der Waals surface area contributed by atoms with Gasteiger partial charge in [-0.25, -0.2) is 4.79 Å². The molecule has 0 saturated heterocycles. The van der Waals surface area contributed by atoms with Gasteiger partial charge in [-0.15, -0.1) is 0 Å². The van der Waals surface area contributed by atoms with Gasteiger partial charge < -0.3 is 9.15 Å². The van der Waals surface area contributed by atoms with Crippen molar-refractivity contribution < 1.29 is 27.1 Å². The molecule has 0 amide bonds. The molecule has 1 aromatic heterocycles. The van der Waals surface area contributed by atoms with E-state index in [4.69, 9.17) is 9.15 Å². The molecular formula is C17H15F3O3. The summed E-state index contributed by atoms with van der Waals surface area (Å²) in [5.74, 6) is 0.518. The van der Waals surface area contributed by atoms with Gasteiger partial charge in [0, 0.05) is 17.2 Å². The van der Waals surface area contributed by atoms with Crippen LogP contribution in [0, 0.1) is 6.92 Å². The minimum Gasteiger partial charge on any atom is -0.463 e. The minimum absolute atomic E-state index is 0.282. The van der Waals surface area contributed by atoms with Crippen LogP contribution >= 0.6 is 0 Å². The van der Waals surface area contributed by atoms with E-state index in [9.17, 15) is 18.0 Å². The maximum atomic E-state index is 12.6. The number of hydrogen-bond acceptors (Lipinski definition) is 3. The lowest BCUT2D eigenvalue weighted by molar-refractivity contribution is -0.138. The Kier molecular flexibility index (Phi) is 4.93. The number of rotatable bonds is 4. The number of esters is 1.